The van der Waals surface area contributed by atoms with Gasteiger partial charge in [-0.05, 0) is 44.9 Å². The highest BCUT2D eigenvalue weighted by Crippen LogP contribution is 2.24. The largest absolute Gasteiger partial charge is 0.508 e. The Bertz CT molecular complexity index is 708. The lowest BCUT2D eigenvalue weighted by Gasteiger charge is -2.15. The summed E-state index contributed by atoms with van der Waals surface area (Å²) in [5.74, 6) is -0.0787. The van der Waals surface area contributed by atoms with E-state index < -0.39 is 0 Å². The van der Waals surface area contributed by atoms with Crippen LogP contribution in [0, 0.1) is 0 Å². The summed E-state index contributed by atoms with van der Waals surface area (Å²) < 4.78 is 1.56. The Labute approximate surface area is 130 Å². The van der Waals surface area contributed by atoms with E-state index in [2.05, 4.69) is 20.8 Å². The summed E-state index contributed by atoms with van der Waals surface area (Å²) in [5.41, 5.74) is 1.52. The minimum Gasteiger partial charge on any atom is -0.508 e. The van der Waals surface area contributed by atoms with Crippen molar-refractivity contribution in [3.8, 4) is 5.75 Å². The van der Waals surface area contributed by atoms with Crippen LogP contribution in [-0.4, -0.2) is 31.2 Å². The number of nitrogens with zero attached hydrogens (tertiary/aromatic N) is 4. The number of tetrazole rings is 1. The van der Waals surface area contributed by atoms with Crippen molar-refractivity contribution in [1.82, 2.24) is 20.2 Å². The first kappa shape index (κ1) is 14.2. The predicted octanol–water partition coefficient (Wildman–Crippen LogP) is 2.06. The lowest BCUT2D eigenvalue weighted by atomic mass is 10.1. The Morgan fingerprint density at radius 1 is 1.41 bits per heavy atom. The number of anilines is 1. The minimum atomic E-state index is -0.265. The van der Waals surface area contributed by atoms with Crippen molar-refractivity contribution in [2.45, 2.75) is 12.5 Å². The van der Waals surface area contributed by atoms with Crippen LogP contribution >= 0.6 is 11.3 Å². The topological polar surface area (TPSA) is 92.9 Å². The number of carbonyl (C=O) groups is 1. The van der Waals surface area contributed by atoms with E-state index in [1.165, 1.54) is 12.4 Å². The van der Waals surface area contributed by atoms with Gasteiger partial charge in [-0.15, -0.1) is 5.10 Å². The number of aromatic nitrogens is 4. The minimum absolute atomic E-state index is 0.104. The Hall–Kier alpha value is -2.74. The Morgan fingerprint density at radius 3 is 3.00 bits per heavy atom. The van der Waals surface area contributed by atoms with Crippen molar-refractivity contribution in [3.63, 3.8) is 0 Å². The molecule has 2 heterocycles. The van der Waals surface area contributed by atoms with E-state index in [9.17, 15) is 9.90 Å². The van der Waals surface area contributed by atoms with Crippen molar-refractivity contribution in [1.29, 1.82) is 0 Å². The molecule has 3 aromatic rings. The number of hydrogen-bond donors (Lipinski definition) is 2. The van der Waals surface area contributed by atoms with Gasteiger partial charge in [0.15, 0.2) is 0 Å². The smallest absolute Gasteiger partial charge is 0.226 e. The second kappa shape index (κ2) is 6.35. The standard InChI is InChI=1S/C14H13N5O2S/c20-12-3-1-2-11(6-12)16-14(21)7-13(10-4-5-22-8-10)19-9-15-17-18-19/h1-6,8-9,13,20H,7H2,(H,16,21)/t13-/m0/s1. The van der Waals surface area contributed by atoms with Gasteiger partial charge >= 0.3 is 0 Å². The summed E-state index contributed by atoms with van der Waals surface area (Å²) >= 11 is 1.55. The molecular weight excluding hydrogens is 302 g/mol. The average Bonchev–Trinajstić information content (AvgIpc) is 3.18. The zero-order chi connectivity index (χ0) is 15.4. The van der Waals surface area contributed by atoms with Crippen LogP contribution in [0.4, 0.5) is 5.69 Å². The van der Waals surface area contributed by atoms with E-state index in [1.54, 1.807) is 34.2 Å². The molecule has 112 valence electrons. The molecule has 0 aliphatic carbocycles. The molecule has 7 nitrogen and oxygen atoms in total. The van der Waals surface area contributed by atoms with E-state index in [4.69, 9.17) is 0 Å². The van der Waals surface area contributed by atoms with Crippen LogP contribution in [0.2, 0.25) is 0 Å². The van der Waals surface area contributed by atoms with E-state index >= 15 is 0 Å². The third-order valence-electron chi connectivity index (χ3n) is 3.12. The molecule has 2 aromatic heterocycles. The summed E-state index contributed by atoms with van der Waals surface area (Å²) in [5, 5.41) is 27.2. The van der Waals surface area contributed by atoms with E-state index in [0.29, 0.717) is 5.69 Å². The van der Waals surface area contributed by atoms with Gasteiger partial charge in [0, 0.05) is 11.8 Å². The molecule has 0 spiro atoms. The van der Waals surface area contributed by atoms with Crippen molar-refractivity contribution < 1.29 is 9.90 Å². The number of phenolic OH excluding ortho intramolecular Hbond substituents is 1. The molecule has 0 saturated heterocycles. The highest BCUT2D eigenvalue weighted by molar-refractivity contribution is 7.08. The fraction of sp³-hybridized carbons (Fsp3) is 0.143. The molecule has 0 radical (unpaired) electrons. The quantitative estimate of drug-likeness (QED) is 0.752. The van der Waals surface area contributed by atoms with E-state index in [-0.39, 0.29) is 24.1 Å². The average molecular weight is 315 g/mol. The Kier molecular flexibility index (Phi) is 4.10. The highest BCUT2D eigenvalue weighted by Gasteiger charge is 2.19. The molecule has 1 amide bonds. The molecule has 2 N–H and O–H groups in total. The number of phenols is 1. The van der Waals surface area contributed by atoms with Crippen molar-refractivity contribution in [2.75, 3.05) is 5.32 Å². The Morgan fingerprint density at radius 2 is 2.32 bits per heavy atom. The number of amides is 1. The van der Waals surface area contributed by atoms with Crippen molar-refractivity contribution in [2.24, 2.45) is 0 Å². The van der Waals surface area contributed by atoms with Crippen LogP contribution in [0.5, 0.6) is 5.75 Å². The van der Waals surface area contributed by atoms with Crippen LogP contribution in [-0.2, 0) is 4.79 Å². The van der Waals surface area contributed by atoms with Gasteiger partial charge in [-0.1, -0.05) is 6.07 Å². The fourth-order valence-electron chi connectivity index (χ4n) is 2.11. The normalized spacial score (nSPS) is 12.0. The van der Waals surface area contributed by atoms with Gasteiger partial charge in [0.05, 0.1) is 12.5 Å². The maximum Gasteiger partial charge on any atom is 0.226 e. The highest BCUT2D eigenvalue weighted by atomic mass is 32.1. The summed E-state index contributed by atoms with van der Waals surface area (Å²) in [7, 11) is 0. The number of rotatable bonds is 5. The zero-order valence-corrected chi connectivity index (χ0v) is 12.3. The molecule has 22 heavy (non-hydrogen) atoms. The van der Waals surface area contributed by atoms with Crippen LogP contribution in [0.1, 0.15) is 18.0 Å². The van der Waals surface area contributed by atoms with Gasteiger partial charge in [0.25, 0.3) is 0 Å². The molecule has 0 saturated carbocycles. The number of hydrogen-bond acceptors (Lipinski definition) is 6. The summed E-state index contributed by atoms with van der Waals surface area (Å²) in [6, 6.07) is 8.10. The summed E-state index contributed by atoms with van der Waals surface area (Å²) in [6.45, 7) is 0. The first-order valence-electron chi connectivity index (χ1n) is 6.56. The van der Waals surface area contributed by atoms with Crippen molar-refractivity contribution in [3.05, 3.63) is 53.0 Å². The maximum atomic E-state index is 12.3. The number of carbonyl (C=O) groups excluding carboxylic acids is 1. The van der Waals surface area contributed by atoms with Crippen LogP contribution < -0.4 is 5.32 Å². The van der Waals surface area contributed by atoms with E-state index in [1.807, 2.05) is 16.8 Å². The van der Waals surface area contributed by atoms with Crippen LogP contribution in [0.3, 0.4) is 0 Å². The van der Waals surface area contributed by atoms with Crippen molar-refractivity contribution >= 4 is 22.9 Å². The third-order valence-corrected chi connectivity index (χ3v) is 3.82. The molecule has 1 atom stereocenters. The molecule has 0 unspecified atom stereocenters. The molecule has 0 aliphatic rings. The van der Waals surface area contributed by atoms with Gasteiger partial charge in [-0.25, -0.2) is 4.68 Å². The maximum absolute atomic E-state index is 12.3. The fourth-order valence-corrected chi connectivity index (χ4v) is 2.82. The number of aromatic hydroxyl groups is 1. The molecule has 0 aliphatic heterocycles. The number of nitrogens with one attached hydrogen (secondary N) is 1. The van der Waals surface area contributed by atoms with Crippen LogP contribution in [0.25, 0.3) is 0 Å². The second-order valence-corrected chi connectivity index (χ2v) is 5.44. The first-order valence-corrected chi connectivity index (χ1v) is 7.50. The Balaban J connectivity index is 1.75. The second-order valence-electron chi connectivity index (χ2n) is 4.66. The molecule has 8 heteroatoms. The summed E-state index contributed by atoms with van der Waals surface area (Å²) in [4.78, 5) is 12.3. The van der Waals surface area contributed by atoms with Gasteiger partial charge in [-0.3, -0.25) is 4.79 Å². The SMILES string of the molecule is O=C(C[C@@H](c1ccsc1)n1cnnn1)Nc1cccc(O)c1. The molecule has 1 aromatic carbocycles. The van der Waals surface area contributed by atoms with Gasteiger partial charge in [0.1, 0.15) is 12.1 Å². The predicted molar refractivity (Wildman–Crippen MR) is 81.6 cm³/mol. The van der Waals surface area contributed by atoms with Gasteiger partial charge in [-0.2, -0.15) is 11.3 Å². The third kappa shape index (κ3) is 3.29. The molecule has 3 rings (SSSR count). The van der Waals surface area contributed by atoms with Gasteiger partial charge < -0.3 is 10.4 Å². The zero-order valence-electron chi connectivity index (χ0n) is 11.5. The number of thiophene rings is 1. The molecular formula is C14H13N5O2S. The lowest BCUT2D eigenvalue weighted by Crippen LogP contribution is -2.20. The van der Waals surface area contributed by atoms with E-state index in [0.717, 1.165) is 5.56 Å². The molecule has 0 bridgehead atoms. The monoisotopic (exact) mass is 315 g/mol. The van der Waals surface area contributed by atoms with Crippen LogP contribution in [0.15, 0.2) is 47.4 Å². The lowest BCUT2D eigenvalue weighted by molar-refractivity contribution is -0.116. The molecule has 0 fully saturated rings. The number of benzene rings is 1. The first-order chi connectivity index (χ1) is 10.7. The van der Waals surface area contributed by atoms with Gasteiger partial charge in [0.2, 0.25) is 5.91 Å². The summed E-state index contributed by atoms with van der Waals surface area (Å²) in [6.07, 6.45) is 1.68.